The SMILES string of the molecule is CCNCc1cc(S(=O)(=O)NCc2ncc(CC)s2)c[nH]1. The predicted octanol–water partition coefficient (Wildman–Crippen LogP) is 1.62. The smallest absolute Gasteiger partial charge is 0.242 e. The van der Waals surface area contributed by atoms with Crippen LogP contribution in [0.1, 0.15) is 29.4 Å². The third-order valence-corrected chi connectivity index (χ3v) is 5.48. The molecule has 21 heavy (non-hydrogen) atoms. The molecule has 2 heterocycles. The van der Waals surface area contributed by atoms with Crippen molar-refractivity contribution in [1.82, 2.24) is 20.0 Å². The summed E-state index contributed by atoms with van der Waals surface area (Å²) < 4.78 is 27.0. The van der Waals surface area contributed by atoms with E-state index in [1.807, 2.05) is 13.8 Å². The second-order valence-corrected chi connectivity index (χ2v) is 7.51. The van der Waals surface area contributed by atoms with Crippen molar-refractivity contribution in [1.29, 1.82) is 0 Å². The van der Waals surface area contributed by atoms with Crippen LogP contribution in [0.5, 0.6) is 0 Å². The van der Waals surface area contributed by atoms with Crippen LogP contribution in [0.3, 0.4) is 0 Å². The minimum atomic E-state index is -3.50. The van der Waals surface area contributed by atoms with E-state index >= 15 is 0 Å². The van der Waals surface area contributed by atoms with Gasteiger partial charge in [0.2, 0.25) is 10.0 Å². The van der Waals surface area contributed by atoms with E-state index in [0.29, 0.717) is 6.54 Å². The molecule has 0 fully saturated rings. The molecule has 3 N–H and O–H groups in total. The Labute approximate surface area is 129 Å². The van der Waals surface area contributed by atoms with E-state index in [0.717, 1.165) is 28.5 Å². The Morgan fingerprint density at radius 2 is 2.14 bits per heavy atom. The van der Waals surface area contributed by atoms with Crippen molar-refractivity contribution in [2.75, 3.05) is 6.54 Å². The molecule has 0 saturated carbocycles. The fourth-order valence-electron chi connectivity index (χ4n) is 1.77. The molecule has 2 aromatic heterocycles. The van der Waals surface area contributed by atoms with Crippen molar-refractivity contribution in [2.45, 2.75) is 38.3 Å². The molecule has 116 valence electrons. The van der Waals surface area contributed by atoms with Crippen LogP contribution in [0.4, 0.5) is 0 Å². The first-order valence-electron chi connectivity index (χ1n) is 6.86. The van der Waals surface area contributed by atoms with E-state index in [2.05, 4.69) is 20.0 Å². The van der Waals surface area contributed by atoms with Gasteiger partial charge >= 0.3 is 0 Å². The maximum atomic E-state index is 12.2. The summed E-state index contributed by atoms with van der Waals surface area (Å²) >= 11 is 1.53. The minimum Gasteiger partial charge on any atom is -0.363 e. The third kappa shape index (κ3) is 4.37. The lowest BCUT2D eigenvalue weighted by Gasteiger charge is -2.02. The van der Waals surface area contributed by atoms with Crippen molar-refractivity contribution < 1.29 is 8.42 Å². The summed E-state index contributed by atoms with van der Waals surface area (Å²) in [5, 5.41) is 3.92. The fourth-order valence-corrected chi connectivity index (χ4v) is 3.67. The molecule has 0 radical (unpaired) electrons. The van der Waals surface area contributed by atoms with Gasteiger partial charge in [0.05, 0.1) is 11.4 Å². The standard InChI is InChI=1S/C13H20N4O2S2/c1-3-11-7-16-13(20-11)9-17-21(18,19)12-5-10(15-8-12)6-14-4-2/h5,7-8,14-15,17H,3-4,6,9H2,1-2H3. The lowest BCUT2D eigenvalue weighted by atomic mass is 10.4. The summed E-state index contributed by atoms with van der Waals surface area (Å²) in [7, 11) is -3.50. The Balaban J connectivity index is 1.99. The molecule has 0 unspecified atom stereocenters. The highest BCUT2D eigenvalue weighted by Crippen LogP contribution is 2.15. The number of sulfonamides is 1. The van der Waals surface area contributed by atoms with Crippen LogP contribution < -0.4 is 10.0 Å². The fraction of sp³-hybridized carbons (Fsp3) is 0.462. The Kier molecular flexibility index (Phi) is 5.51. The lowest BCUT2D eigenvalue weighted by Crippen LogP contribution is -2.22. The molecule has 0 saturated heterocycles. The number of rotatable bonds is 8. The second kappa shape index (κ2) is 7.17. The van der Waals surface area contributed by atoms with Crippen LogP contribution in [0, 0.1) is 0 Å². The Bertz CT molecular complexity index is 676. The molecule has 0 aliphatic carbocycles. The molecule has 8 heteroatoms. The number of aryl methyl sites for hydroxylation is 1. The van der Waals surface area contributed by atoms with Crippen LogP contribution in [0.25, 0.3) is 0 Å². The second-order valence-electron chi connectivity index (χ2n) is 4.54. The summed E-state index contributed by atoms with van der Waals surface area (Å²) in [4.78, 5) is 8.57. The molecule has 0 spiro atoms. The number of nitrogens with one attached hydrogen (secondary N) is 3. The number of aromatic nitrogens is 2. The van der Waals surface area contributed by atoms with Gasteiger partial charge in [-0.1, -0.05) is 13.8 Å². The maximum absolute atomic E-state index is 12.2. The van der Waals surface area contributed by atoms with Crippen LogP contribution >= 0.6 is 11.3 Å². The Hall–Kier alpha value is -1.22. The number of aromatic amines is 1. The largest absolute Gasteiger partial charge is 0.363 e. The Morgan fingerprint density at radius 3 is 2.81 bits per heavy atom. The van der Waals surface area contributed by atoms with Crippen LogP contribution in [0.15, 0.2) is 23.4 Å². The van der Waals surface area contributed by atoms with Gasteiger partial charge in [0, 0.05) is 29.5 Å². The number of H-pyrrole nitrogens is 1. The number of nitrogens with zero attached hydrogens (tertiary/aromatic N) is 1. The highest BCUT2D eigenvalue weighted by Gasteiger charge is 2.16. The van der Waals surface area contributed by atoms with Crippen molar-refractivity contribution in [2.24, 2.45) is 0 Å². The van der Waals surface area contributed by atoms with E-state index in [1.54, 1.807) is 12.3 Å². The molecule has 0 amide bonds. The van der Waals surface area contributed by atoms with Gasteiger partial charge in [0.25, 0.3) is 0 Å². The molecule has 2 aromatic rings. The number of hydrogen-bond donors (Lipinski definition) is 3. The van der Waals surface area contributed by atoms with Gasteiger partial charge in [0.1, 0.15) is 5.01 Å². The first kappa shape index (κ1) is 16.2. The molecule has 0 aliphatic rings. The van der Waals surface area contributed by atoms with Crippen molar-refractivity contribution >= 4 is 21.4 Å². The zero-order chi connectivity index (χ0) is 15.3. The molecular formula is C13H20N4O2S2. The zero-order valence-corrected chi connectivity index (χ0v) is 13.8. The van der Waals surface area contributed by atoms with Gasteiger partial charge < -0.3 is 10.3 Å². The van der Waals surface area contributed by atoms with E-state index in [9.17, 15) is 8.42 Å². The average molecular weight is 328 g/mol. The summed E-state index contributed by atoms with van der Waals surface area (Å²) in [6.07, 6.45) is 4.21. The molecule has 0 aliphatic heterocycles. The van der Waals surface area contributed by atoms with Crippen molar-refractivity contribution in [3.63, 3.8) is 0 Å². The van der Waals surface area contributed by atoms with E-state index < -0.39 is 10.0 Å². The van der Waals surface area contributed by atoms with Gasteiger partial charge in [-0.3, -0.25) is 0 Å². The number of hydrogen-bond acceptors (Lipinski definition) is 5. The molecule has 0 aromatic carbocycles. The third-order valence-electron chi connectivity index (χ3n) is 2.96. The van der Waals surface area contributed by atoms with E-state index in [4.69, 9.17) is 0 Å². The lowest BCUT2D eigenvalue weighted by molar-refractivity contribution is 0.581. The van der Waals surface area contributed by atoms with Crippen LogP contribution in [0.2, 0.25) is 0 Å². The van der Waals surface area contributed by atoms with Crippen molar-refractivity contribution in [3.8, 4) is 0 Å². The van der Waals surface area contributed by atoms with E-state index in [1.165, 1.54) is 17.5 Å². The van der Waals surface area contributed by atoms with Crippen LogP contribution in [-0.4, -0.2) is 24.9 Å². The first-order valence-corrected chi connectivity index (χ1v) is 9.16. The average Bonchev–Trinajstić information content (AvgIpc) is 3.12. The summed E-state index contributed by atoms with van der Waals surface area (Å²) in [5.41, 5.74) is 0.847. The summed E-state index contributed by atoms with van der Waals surface area (Å²) in [6, 6.07) is 1.64. The van der Waals surface area contributed by atoms with Crippen molar-refractivity contribution in [3.05, 3.63) is 34.0 Å². The monoisotopic (exact) mass is 328 g/mol. The molecule has 6 nitrogen and oxygen atoms in total. The van der Waals surface area contributed by atoms with Gasteiger partial charge in [-0.2, -0.15) is 0 Å². The van der Waals surface area contributed by atoms with Gasteiger partial charge in [-0.15, -0.1) is 11.3 Å². The topological polar surface area (TPSA) is 86.9 Å². The summed E-state index contributed by atoms with van der Waals surface area (Å²) in [6.45, 7) is 5.73. The number of thiazole rings is 1. The highest BCUT2D eigenvalue weighted by atomic mass is 32.2. The maximum Gasteiger partial charge on any atom is 0.242 e. The highest BCUT2D eigenvalue weighted by molar-refractivity contribution is 7.89. The van der Waals surface area contributed by atoms with Gasteiger partial charge in [0.15, 0.2) is 0 Å². The van der Waals surface area contributed by atoms with Crippen LogP contribution in [-0.2, 0) is 29.5 Å². The minimum absolute atomic E-state index is 0.223. The molecule has 0 atom stereocenters. The molecule has 0 bridgehead atoms. The summed E-state index contributed by atoms with van der Waals surface area (Å²) in [5.74, 6) is 0. The van der Waals surface area contributed by atoms with Gasteiger partial charge in [-0.05, 0) is 19.0 Å². The molecular weight excluding hydrogens is 308 g/mol. The van der Waals surface area contributed by atoms with E-state index in [-0.39, 0.29) is 11.4 Å². The quantitative estimate of drug-likeness (QED) is 0.687. The van der Waals surface area contributed by atoms with Gasteiger partial charge in [-0.25, -0.2) is 18.1 Å². The normalized spacial score (nSPS) is 11.9. The molecule has 2 rings (SSSR count). The zero-order valence-electron chi connectivity index (χ0n) is 12.1. The first-order chi connectivity index (χ1) is 10.0. The Morgan fingerprint density at radius 1 is 1.33 bits per heavy atom. The predicted molar refractivity (Wildman–Crippen MR) is 83.7 cm³/mol.